The number of nitrogens with zero attached hydrogens (tertiary/aromatic N) is 6. The number of ether oxygens (including phenoxy) is 1. The van der Waals surface area contributed by atoms with Gasteiger partial charge >= 0.3 is 0 Å². The van der Waals surface area contributed by atoms with Crippen LogP contribution in [0, 0.1) is 13.8 Å². The molecular weight excluding hydrogens is 482 g/mol. The van der Waals surface area contributed by atoms with Gasteiger partial charge in [-0.25, -0.2) is 0 Å². The molecule has 2 aliphatic rings. The van der Waals surface area contributed by atoms with Crippen molar-refractivity contribution in [3.05, 3.63) is 57.3 Å². The van der Waals surface area contributed by atoms with Crippen molar-refractivity contribution in [1.29, 1.82) is 0 Å². The topological polar surface area (TPSA) is 101 Å². The molecule has 2 aliphatic heterocycles. The molecule has 0 radical (unpaired) electrons. The SMILES string of the molecule is Cc1cc2[nH]c(=O)c3cnn(C4CCOCC4)c3c2cc1C(=O)N1CCN(Cc2cn(C)nc2C)[C@@H](C)C1. The van der Waals surface area contributed by atoms with Crippen LogP contribution >= 0.6 is 0 Å². The highest BCUT2D eigenvalue weighted by atomic mass is 16.5. The van der Waals surface area contributed by atoms with Crippen molar-refractivity contribution < 1.29 is 9.53 Å². The van der Waals surface area contributed by atoms with E-state index in [1.807, 2.05) is 47.3 Å². The Morgan fingerprint density at radius 2 is 1.95 bits per heavy atom. The number of aromatic nitrogens is 5. The van der Waals surface area contributed by atoms with Crippen LogP contribution in [0.4, 0.5) is 0 Å². The molecular formula is C28H35N7O3. The maximum absolute atomic E-state index is 13.8. The van der Waals surface area contributed by atoms with Crippen LogP contribution in [0.1, 0.15) is 53.0 Å². The summed E-state index contributed by atoms with van der Waals surface area (Å²) in [6, 6.07) is 4.28. The predicted octanol–water partition coefficient (Wildman–Crippen LogP) is 2.93. The zero-order valence-electron chi connectivity index (χ0n) is 22.5. The second kappa shape index (κ2) is 9.67. The minimum absolute atomic E-state index is 0.0324. The van der Waals surface area contributed by atoms with E-state index in [0.717, 1.165) is 53.6 Å². The van der Waals surface area contributed by atoms with Crippen LogP contribution < -0.4 is 5.56 Å². The van der Waals surface area contributed by atoms with Gasteiger partial charge in [-0.2, -0.15) is 10.2 Å². The van der Waals surface area contributed by atoms with Crippen LogP contribution in [0.25, 0.3) is 21.8 Å². The number of rotatable bonds is 4. The molecule has 0 saturated carbocycles. The zero-order chi connectivity index (χ0) is 26.6. The molecule has 1 N–H and O–H groups in total. The van der Waals surface area contributed by atoms with E-state index in [1.165, 1.54) is 5.56 Å². The fourth-order valence-electron chi connectivity index (χ4n) is 6.04. The number of nitrogens with one attached hydrogen (secondary N) is 1. The zero-order valence-corrected chi connectivity index (χ0v) is 22.5. The quantitative estimate of drug-likeness (QED) is 0.447. The fraction of sp³-hybridized carbons (Fsp3) is 0.500. The summed E-state index contributed by atoms with van der Waals surface area (Å²) in [6.07, 6.45) is 5.43. The first-order valence-electron chi connectivity index (χ1n) is 13.4. The molecule has 0 unspecified atom stereocenters. The summed E-state index contributed by atoms with van der Waals surface area (Å²) in [5.41, 5.74) is 5.19. The molecule has 2 fully saturated rings. The van der Waals surface area contributed by atoms with Crippen LogP contribution in [0.3, 0.4) is 0 Å². The number of carbonyl (C=O) groups excluding carboxylic acids is 1. The lowest BCUT2D eigenvalue weighted by Gasteiger charge is -2.40. The highest BCUT2D eigenvalue weighted by Gasteiger charge is 2.29. The van der Waals surface area contributed by atoms with Crippen molar-refractivity contribution in [2.45, 2.75) is 52.2 Å². The summed E-state index contributed by atoms with van der Waals surface area (Å²) in [6.45, 7) is 10.5. The van der Waals surface area contributed by atoms with E-state index in [2.05, 4.69) is 33.2 Å². The van der Waals surface area contributed by atoms with E-state index in [4.69, 9.17) is 4.74 Å². The van der Waals surface area contributed by atoms with Gasteiger partial charge in [0.1, 0.15) is 0 Å². The Morgan fingerprint density at radius 3 is 2.66 bits per heavy atom. The number of piperazine rings is 1. The summed E-state index contributed by atoms with van der Waals surface area (Å²) in [5.74, 6) is 0.0324. The van der Waals surface area contributed by atoms with Crippen LogP contribution in [-0.4, -0.2) is 79.1 Å². The highest BCUT2D eigenvalue weighted by molar-refractivity contribution is 6.07. The predicted molar refractivity (Wildman–Crippen MR) is 145 cm³/mol. The number of H-pyrrole nitrogens is 1. The van der Waals surface area contributed by atoms with E-state index >= 15 is 0 Å². The molecule has 10 heteroatoms. The number of benzene rings is 1. The minimum Gasteiger partial charge on any atom is -0.381 e. The molecule has 10 nitrogen and oxygen atoms in total. The first kappa shape index (κ1) is 24.8. The Bertz CT molecular complexity index is 1580. The molecule has 200 valence electrons. The summed E-state index contributed by atoms with van der Waals surface area (Å²) in [7, 11) is 1.95. The van der Waals surface area contributed by atoms with Gasteiger partial charge in [0.2, 0.25) is 0 Å². The lowest BCUT2D eigenvalue weighted by atomic mass is 10.0. The van der Waals surface area contributed by atoms with Crippen molar-refractivity contribution in [2.24, 2.45) is 7.05 Å². The Hall–Kier alpha value is -3.50. The molecule has 1 atom stereocenters. The largest absolute Gasteiger partial charge is 0.381 e. The van der Waals surface area contributed by atoms with E-state index < -0.39 is 0 Å². The monoisotopic (exact) mass is 517 g/mol. The van der Waals surface area contributed by atoms with Crippen molar-refractivity contribution in [1.82, 2.24) is 34.3 Å². The first-order chi connectivity index (χ1) is 18.3. The molecule has 4 aromatic rings. The third-order valence-corrected chi connectivity index (χ3v) is 8.22. The minimum atomic E-state index is -0.155. The van der Waals surface area contributed by atoms with E-state index in [9.17, 15) is 9.59 Å². The van der Waals surface area contributed by atoms with Gasteiger partial charge in [-0.15, -0.1) is 0 Å². The molecule has 1 aromatic carbocycles. The molecule has 38 heavy (non-hydrogen) atoms. The van der Waals surface area contributed by atoms with Crippen molar-refractivity contribution in [3.63, 3.8) is 0 Å². The molecule has 5 heterocycles. The standard InChI is InChI=1S/C28H35N7O3/c1-17-11-25-23(26-24(27(36)30-25)13-29-35(26)21-5-9-38-10-6-21)12-22(17)28(37)34-8-7-33(18(2)14-34)16-20-15-32(4)31-19(20)3/h11-13,15,18,21H,5-10,14,16H2,1-4H3,(H,30,36)/t18-/m0/s1. The van der Waals surface area contributed by atoms with Crippen LogP contribution in [0.2, 0.25) is 0 Å². The van der Waals surface area contributed by atoms with Crippen molar-refractivity contribution in [2.75, 3.05) is 32.8 Å². The summed E-state index contributed by atoms with van der Waals surface area (Å²) >= 11 is 0. The van der Waals surface area contributed by atoms with E-state index in [1.54, 1.807) is 6.20 Å². The summed E-state index contributed by atoms with van der Waals surface area (Å²) in [5, 5.41) is 10.5. The first-order valence-corrected chi connectivity index (χ1v) is 13.4. The normalized spacial score (nSPS) is 19.6. The summed E-state index contributed by atoms with van der Waals surface area (Å²) < 4.78 is 9.37. The van der Waals surface area contributed by atoms with Gasteiger partial charge in [0.05, 0.1) is 34.4 Å². The molecule has 1 amide bonds. The molecule has 0 bridgehead atoms. The van der Waals surface area contributed by atoms with Gasteiger partial charge in [0, 0.05) is 75.2 Å². The average molecular weight is 518 g/mol. The second-order valence-corrected chi connectivity index (χ2v) is 10.8. The number of hydrogen-bond acceptors (Lipinski definition) is 6. The number of pyridine rings is 1. The fourth-order valence-corrected chi connectivity index (χ4v) is 6.04. The van der Waals surface area contributed by atoms with Crippen LogP contribution in [-0.2, 0) is 18.3 Å². The Kier molecular flexibility index (Phi) is 6.31. The molecule has 2 saturated heterocycles. The molecule has 0 aliphatic carbocycles. The summed E-state index contributed by atoms with van der Waals surface area (Å²) in [4.78, 5) is 34.1. The van der Waals surface area contributed by atoms with Gasteiger partial charge < -0.3 is 14.6 Å². The smallest absolute Gasteiger partial charge is 0.259 e. The number of carbonyl (C=O) groups is 1. The van der Waals surface area contributed by atoms with Gasteiger partial charge in [-0.1, -0.05) is 0 Å². The third kappa shape index (κ3) is 4.31. The highest BCUT2D eigenvalue weighted by Crippen LogP contribution is 2.30. The molecule has 3 aromatic heterocycles. The van der Waals surface area contributed by atoms with Crippen molar-refractivity contribution in [3.8, 4) is 0 Å². The van der Waals surface area contributed by atoms with E-state index in [0.29, 0.717) is 37.3 Å². The van der Waals surface area contributed by atoms with Gasteiger partial charge in [-0.05, 0) is 51.3 Å². The van der Waals surface area contributed by atoms with Gasteiger partial charge in [0.15, 0.2) is 0 Å². The maximum Gasteiger partial charge on any atom is 0.259 e. The van der Waals surface area contributed by atoms with Crippen LogP contribution in [0.15, 0.2) is 29.3 Å². The van der Waals surface area contributed by atoms with Crippen LogP contribution in [0.5, 0.6) is 0 Å². The Labute approximate surface area is 221 Å². The lowest BCUT2D eigenvalue weighted by Crippen LogP contribution is -2.53. The Balaban J connectivity index is 1.31. The number of aryl methyl sites for hydroxylation is 3. The number of fused-ring (bicyclic) bond motifs is 3. The molecule has 0 spiro atoms. The Morgan fingerprint density at radius 1 is 1.16 bits per heavy atom. The number of aromatic amines is 1. The average Bonchev–Trinajstić information content (AvgIpc) is 3.48. The number of hydrogen-bond donors (Lipinski definition) is 1. The van der Waals surface area contributed by atoms with E-state index in [-0.39, 0.29) is 23.6 Å². The van der Waals surface area contributed by atoms with Gasteiger partial charge in [0.25, 0.3) is 11.5 Å². The maximum atomic E-state index is 13.8. The third-order valence-electron chi connectivity index (χ3n) is 8.22. The number of amides is 1. The van der Waals surface area contributed by atoms with Crippen molar-refractivity contribution >= 4 is 27.7 Å². The van der Waals surface area contributed by atoms with Gasteiger partial charge in [-0.3, -0.25) is 23.9 Å². The second-order valence-electron chi connectivity index (χ2n) is 10.8. The lowest BCUT2D eigenvalue weighted by molar-refractivity contribution is 0.0494. The molecule has 6 rings (SSSR count).